The van der Waals surface area contributed by atoms with Crippen LogP contribution < -0.4 is 9.47 Å². The van der Waals surface area contributed by atoms with E-state index in [1.807, 2.05) is 23.1 Å². The number of carbonyl (C=O) groups is 1. The van der Waals surface area contributed by atoms with Crippen LogP contribution in [-0.2, 0) is 29.2 Å². The number of aromatic nitrogens is 1. The van der Waals surface area contributed by atoms with Gasteiger partial charge in [-0.05, 0) is 30.5 Å². The number of aryl methyl sites for hydroxylation is 1. The standard InChI is InChI=1S/C27H37N3O6/c1-18(2)13-30(14-20-5-6-23-24(11-20)35-9-4-8-34-23)27(33)25-16-29(7-10-36-25)15-22-21(17-31)12-28-19(3)26(22)32/h5-6,11-12,18,25,31-32H,4,7-10,13-17H2,1-3H3. The first kappa shape index (κ1) is 26.2. The van der Waals surface area contributed by atoms with Crippen LogP contribution in [0.3, 0.4) is 0 Å². The highest BCUT2D eigenvalue weighted by atomic mass is 16.5. The summed E-state index contributed by atoms with van der Waals surface area (Å²) in [6.45, 7) is 9.86. The number of aliphatic hydroxyl groups excluding tert-OH is 1. The summed E-state index contributed by atoms with van der Waals surface area (Å²) in [4.78, 5) is 21.7. The SMILES string of the molecule is Cc1ncc(CO)c(CN2CCOC(C(=O)N(Cc3ccc4c(c3)OCCCO4)CC(C)C)C2)c1O. The van der Waals surface area contributed by atoms with Crippen LogP contribution in [0.5, 0.6) is 17.2 Å². The number of benzene rings is 1. The van der Waals surface area contributed by atoms with Crippen molar-refractivity contribution >= 4 is 5.91 Å². The van der Waals surface area contributed by atoms with E-state index >= 15 is 0 Å². The third-order valence-electron chi connectivity index (χ3n) is 6.49. The summed E-state index contributed by atoms with van der Waals surface area (Å²) in [6.07, 6.45) is 1.82. The number of hydrogen-bond acceptors (Lipinski definition) is 8. The van der Waals surface area contributed by atoms with Crippen molar-refractivity contribution in [2.45, 2.75) is 53.0 Å². The molecule has 2 aromatic rings. The van der Waals surface area contributed by atoms with Gasteiger partial charge in [-0.1, -0.05) is 19.9 Å². The van der Waals surface area contributed by atoms with Gasteiger partial charge in [-0.25, -0.2) is 0 Å². The van der Waals surface area contributed by atoms with Crippen LogP contribution in [0.15, 0.2) is 24.4 Å². The molecule has 1 aromatic heterocycles. The second-order valence-corrected chi connectivity index (χ2v) is 9.89. The van der Waals surface area contributed by atoms with Crippen LogP contribution in [0.25, 0.3) is 0 Å². The lowest BCUT2D eigenvalue weighted by molar-refractivity contribution is -0.151. The lowest BCUT2D eigenvalue weighted by Gasteiger charge is -2.36. The van der Waals surface area contributed by atoms with Crippen molar-refractivity contribution in [1.82, 2.24) is 14.8 Å². The molecule has 1 unspecified atom stereocenters. The first-order valence-electron chi connectivity index (χ1n) is 12.6. The number of aromatic hydroxyl groups is 1. The molecule has 1 fully saturated rings. The average Bonchev–Trinajstić information content (AvgIpc) is 3.11. The number of fused-ring (bicyclic) bond motifs is 1. The van der Waals surface area contributed by atoms with Crippen LogP contribution in [-0.4, -0.2) is 76.5 Å². The van der Waals surface area contributed by atoms with Gasteiger partial charge in [-0.3, -0.25) is 14.7 Å². The van der Waals surface area contributed by atoms with Gasteiger partial charge in [-0.2, -0.15) is 0 Å². The molecule has 3 heterocycles. The minimum Gasteiger partial charge on any atom is -0.506 e. The van der Waals surface area contributed by atoms with Gasteiger partial charge < -0.3 is 29.3 Å². The Hall–Kier alpha value is -2.88. The molecule has 0 saturated carbocycles. The van der Waals surface area contributed by atoms with E-state index in [0.29, 0.717) is 75.1 Å². The molecule has 196 valence electrons. The molecule has 9 heteroatoms. The molecule has 1 saturated heterocycles. The van der Waals surface area contributed by atoms with Crippen LogP contribution in [0.1, 0.15) is 42.7 Å². The van der Waals surface area contributed by atoms with Gasteiger partial charge in [0.25, 0.3) is 5.91 Å². The Bertz CT molecular complexity index is 1060. The quantitative estimate of drug-likeness (QED) is 0.571. The van der Waals surface area contributed by atoms with Crippen molar-refractivity contribution in [3.05, 3.63) is 46.8 Å². The fraction of sp³-hybridized carbons (Fsp3) is 0.556. The van der Waals surface area contributed by atoms with Crippen LogP contribution in [0.4, 0.5) is 0 Å². The second-order valence-electron chi connectivity index (χ2n) is 9.89. The van der Waals surface area contributed by atoms with Crippen molar-refractivity contribution < 1.29 is 29.2 Å². The maximum absolute atomic E-state index is 13.6. The van der Waals surface area contributed by atoms with E-state index in [2.05, 4.69) is 23.7 Å². The van der Waals surface area contributed by atoms with E-state index in [4.69, 9.17) is 14.2 Å². The summed E-state index contributed by atoms with van der Waals surface area (Å²) in [5.41, 5.74) is 2.72. The van der Waals surface area contributed by atoms with E-state index < -0.39 is 6.10 Å². The number of rotatable bonds is 8. The molecule has 0 spiro atoms. The number of ether oxygens (including phenoxy) is 3. The highest BCUT2D eigenvalue weighted by molar-refractivity contribution is 5.81. The van der Waals surface area contributed by atoms with Gasteiger partial charge in [0, 0.05) is 56.5 Å². The van der Waals surface area contributed by atoms with E-state index in [1.54, 1.807) is 13.1 Å². The Kier molecular flexibility index (Phi) is 8.66. The third kappa shape index (κ3) is 6.27. The zero-order valence-corrected chi connectivity index (χ0v) is 21.4. The van der Waals surface area contributed by atoms with Crippen molar-refractivity contribution in [1.29, 1.82) is 0 Å². The number of pyridine rings is 1. The maximum atomic E-state index is 13.6. The summed E-state index contributed by atoms with van der Waals surface area (Å²) in [5, 5.41) is 20.3. The smallest absolute Gasteiger partial charge is 0.253 e. The van der Waals surface area contributed by atoms with Crippen LogP contribution in [0.2, 0.25) is 0 Å². The monoisotopic (exact) mass is 499 g/mol. The average molecular weight is 500 g/mol. The van der Waals surface area contributed by atoms with Crippen molar-refractivity contribution in [2.24, 2.45) is 5.92 Å². The molecule has 0 aliphatic carbocycles. The van der Waals surface area contributed by atoms with Crippen molar-refractivity contribution in [3.63, 3.8) is 0 Å². The van der Waals surface area contributed by atoms with Gasteiger partial charge >= 0.3 is 0 Å². The number of amides is 1. The van der Waals surface area contributed by atoms with Gasteiger partial charge in [0.2, 0.25) is 0 Å². The summed E-state index contributed by atoms with van der Waals surface area (Å²) >= 11 is 0. The minimum absolute atomic E-state index is 0.0574. The van der Waals surface area contributed by atoms with Gasteiger partial charge in [-0.15, -0.1) is 0 Å². The predicted molar refractivity (Wildman–Crippen MR) is 134 cm³/mol. The number of hydrogen-bond donors (Lipinski definition) is 2. The fourth-order valence-corrected chi connectivity index (χ4v) is 4.62. The highest BCUT2D eigenvalue weighted by Crippen LogP contribution is 2.31. The Morgan fingerprint density at radius 2 is 2.00 bits per heavy atom. The Morgan fingerprint density at radius 1 is 1.22 bits per heavy atom. The molecule has 0 bridgehead atoms. The Balaban J connectivity index is 1.47. The summed E-state index contributed by atoms with van der Waals surface area (Å²) in [6, 6.07) is 5.85. The fourth-order valence-electron chi connectivity index (χ4n) is 4.62. The molecule has 36 heavy (non-hydrogen) atoms. The number of nitrogens with zero attached hydrogens (tertiary/aromatic N) is 3. The normalized spacial score (nSPS) is 18.2. The molecule has 2 aliphatic rings. The van der Waals surface area contributed by atoms with E-state index in [1.165, 1.54) is 0 Å². The summed E-state index contributed by atoms with van der Waals surface area (Å²) < 4.78 is 17.5. The topological polar surface area (TPSA) is 105 Å². The predicted octanol–water partition coefficient (Wildman–Crippen LogP) is 2.63. The molecule has 9 nitrogen and oxygen atoms in total. The van der Waals surface area contributed by atoms with E-state index in [0.717, 1.165) is 17.7 Å². The molecular formula is C27H37N3O6. The number of carbonyl (C=O) groups excluding carboxylic acids is 1. The van der Waals surface area contributed by atoms with E-state index in [9.17, 15) is 15.0 Å². The highest BCUT2D eigenvalue weighted by Gasteiger charge is 2.31. The number of morpholine rings is 1. The lowest BCUT2D eigenvalue weighted by atomic mass is 10.1. The first-order valence-corrected chi connectivity index (χ1v) is 12.6. The third-order valence-corrected chi connectivity index (χ3v) is 6.49. The molecule has 1 aromatic carbocycles. The largest absolute Gasteiger partial charge is 0.506 e. The minimum atomic E-state index is -0.611. The molecule has 2 N–H and O–H groups in total. The Labute approximate surface area is 212 Å². The zero-order chi connectivity index (χ0) is 25.7. The Morgan fingerprint density at radius 3 is 2.75 bits per heavy atom. The molecule has 0 radical (unpaired) electrons. The summed E-state index contributed by atoms with van der Waals surface area (Å²) in [7, 11) is 0. The maximum Gasteiger partial charge on any atom is 0.253 e. The molecule has 4 rings (SSSR count). The van der Waals surface area contributed by atoms with Crippen molar-refractivity contribution in [3.8, 4) is 17.2 Å². The molecule has 1 atom stereocenters. The van der Waals surface area contributed by atoms with E-state index in [-0.39, 0.29) is 24.2 Å². The molecule has 1 amide bonds. The van der Waals surface area contributed by atoms with Gasteiger partial charge in [0.15, 0.2) is 11.5 Å². The second kappa shape index (κ2) is 11.9. The van der Waals surface area contributed by atoms with Crippen LogP contribution >= 0.6 is 0 Å². The molecular weight excluding hydrogens is 462 g/mol. The van der Waals surface area contributed by atoms with Crippen LogP contribution in [0, 0.1) is 12.8 Å². The number of aliphatic hydroxyl groups is 1. The first-order chi connectivity index (χ1) is 17.4. The summed E-state index contributed by atoms with van der Waals surface area (Å²) in [5.74, 6) is 1.78. The van der Waals surface area contributed by atoms with Crippen molar-refractivity contribution in [2.75, 3.05) is 39.5 Å². The zero-order valence-electron chi connectivity index (χ0n) is 21.4. The lowest BCUT2D eigenvalue weighted by Crippen LogP contribution is -2.51. The van der Waals surface area contributed by atoms with Gasteiger partial charge in [0.05, 0.1) is 32.1 Å². The molecule has 2 aliphatic heterocycles. The van der Waals surface area contributed by atoms with Gasteiger partial charge in [0.1, 0.15) is 11.9 Å².